The molecule has 0 unspecified atom stereocenters. The Kier molecular flexibility index (Phi) is 6.35. The molecule has 0 aliphatic heterocycles. The van der Waals surface area contributed by atoms with Gasteiger partial charge in [-0.1, -0.05) is 42.5 Å². The summed E-state index contributed by atoms with van der Waals surface area (Å²) in [5.41, 5.74) is 3.90. The van der Waals surface area contributed by atoms with Gasteiger partial charge in [-0.05, 0) is 31.0 Å². The first-order valence-electron chi connectivity index (χ1n) is 9.94. The molecule has 0 atom stereocenters. The molecule has 5 nitrogen and oxygen atoms in total. The molecule has 1 amide bonds. The van der Waals surface area contributed by atoms with Gasteiger partial charge in [-0.2, -0.15) is 0 Å². The average Bonchev–Trinajstić information content (AvgIpc) is 3.20. The zero-order valence-electron chi connectivity index (χ0n) is 16.8. The number of benzene rings is 2. The maximum Gasteiger partial charge on any atom is 0.224 e. The highest BCUT2D eigenvalue weighted by Crippen LogP contribution is 2.23. The van der Waals surface area contributed by atoms with E-state index in [4.69, 9.17) is 4.74 Å². The second kappa shape index (κ2) is 9.50. The number of rotatable bonds is 8. The van der Waals surface area contributed by atoms with Crippen LogP contribution in [-0.2, 0) is 11.2 Å². The molecule has 0 radical (unpaired) electrons. The minimum absolute atomic E-state index is 0.0130. The quantitative estimate of drug-likeness (QED) is 0.419. The van der Waals surface area contributed by atoms with Crippen molar-refractivity contribution in [1.29, 1.82) is 0 Å². The van der Waals surface area contributed by atoms with Crippen molar-refractivity contribution < 1.29 is 9.53 Å². The van der Waals surface area contributed by atoms with Crippen LogP contribution in [0.1, 0.15) is 17.0 Å². The summed E-state index contributed by atoms with van der Waals surface area (Å²) in [5.74, 6) is 0.786. The van der Waals surface area contributed by atoms with Gasteiger partial charge in [0.25, 0.3) is 0 Å². The van der Waals surface area contributed by atoms with Crippen LogP contribution in [0.2, 0.25) is 0 Å². The Labute approximate surface area is 179 Å². The largest absolute Gasteiger partial charge is 0.491 e. The predicted molar refractivity (Wildman–Crippen MR) is 121 cm³/mol. The lowest BCUT2D eigenvalue weighted by molar-refractivity contribution is -0.120. The number of fused-ring (bicyclic) bond motifs is 1. The summed E-state index contributed by atoms with van der Waals surface area (Å²) in [6.07, 6.45) is 2.86. The highest BCUT2D eigenvalue weighted by Gasteiger charge is 2.06. The number of hydrogen-bond acceptors (Lipinski definition) is 5. The molecule has 2 heterocycles. The van der Waals surface area contributed by atoms with Gasteiger partial charge >= 0.3 is 0 Å². The van der Waals surface area contributed by atoms with E-state index in [0.717, 1.165) is 44.9 Å². The van der Waals surface area contributed by atoms with Crippen LogP contribution < -0.4 is 10.1 Å². The lowest BCUT2D eigenvalue weighted by atomic mass is 10.1. The number of nitrogens with one attached hydrogen (secondary N) is 1. The second-order valence-corrected chi connectivity index (χ2v) is 8.07. The smallest absolute Gasteiger partial charge is 0.224 e. The monoisotopic (exact) mass is 417 g/mol. The van der Waals surface area contributed by atoms with E-state index in [2.05, 4.69) is 15.3 Å². The fraction of sp³-hybridized carbons (Fsp3) is 0.208. The van der Waals surface area contributed by atoms with E-state index >= 15 is 0 Å². The molecule has 0 spiro atoms. The highest BCUT2D eigenvalue weighted by atomic mass is 32.1. The predicted octanol–water partition coefficient (Wildman–Crippen LogP) is 4.79. The number of thiazole rings is 1. The molecule has 0 aliphatic carbocycles. The summed E-state index contributed by atoms with van der Waals surface area (Å²) in [4.78, 5) is 21.1. The van der Waals surface area contributed by atoms with E-state index in [9.17, 15) is 4.79 Å². The molecule has 2 aromatic heterocycles. The summed E-state index contributed by atoms with van der Waals surface area (Å²) < 4.78 is 5.86. The van der Waals surface area contributed by atoms with Gasteiger partial charge in [0.05, 0.1) is 23.7 Å². The van der Waals surface area contributed by atoms with E-state index in [1.165, 1.54) is 0 Å². The number of para-hydroxylation sites is 1. The van der Waals surface area contributed by atoms with Crippen molar-refractivity contribution in [2.75, 3.05) is 13.2 Å². The Balaban J connectivity index is 1.20. The van der Waals surface area contributed by atoms with Crippen LogP contribution in [0.3, 0.4) is 0 Å². The van der Waals surface area contributed by atoms with Gasteiger partial charge in [0.1, 0.15) is 11.3 Å². The molecule has 1 N–H and O–H groups in total. The van der Waals surface area contributed by atoms with Gasteiger partial charge in [0, 0.05) is 29.1 Å². The normalized spacial score (nSPS) is 10.8. The Morgan fingerprint density at radius 2 is 1.93 bits per heavy atom. The Morgan fingerprint density at radius 1 is 1.10 bits per heavy atom. The molecule has 0 aliphatic rings. The second-order valence-electron chi connectivity index (χ2n) is 7.01. The maximum atomic E-state index is 12.2. The minimum atomic E-state index is 0.0130. The lowest BCUT2D eigenvalue weighted by Gasteiger charge is -2.09. The van der Waals surface area contributed by atoms with E-state index in [1.807, 2.05) is 66.9 Å². The summed E-state index contributed by atoms with van der Waals surface area (Å²) in [6, 6.07) is 17.8. The van der Waals surface area contributed by atoms with Crippen molar-refractivity contribution >= 4 is 28.1 Å². The first-order chi connectivity index (χ1) is 14.7. The molecule has 0 saturated carbocycles. The van der Waals surface area contributed by atoms with Crippen LogP contribution in [-0.4, -0.2) is 29.0 Å². The van der Waals surface area contributed by atoms with Crippen LogP contribution in [0.15, 0.2) is 66.2 Å². The third-order valence-corrected chi connectivity index (χ3v) is 5.50. The number of carbonyl (C=O) groups excluding carboxylic acids is 1. The van der Waals surface area contributed by atoms with Gasteiger partial charge in [-0.15, -0.1) is 11.3 Å². The summed E-state index contributed by atoms with van der Waals surface area (Å²) in [7, 11) is 0. The fourth-order valence-electron chi connectivity index (χ4n) is 3.21. The van der Waals surface area contributed by atoms with Crippen molar-refractivity contribution in [3.05, 3.63) is 76.7 Å². The molecule has 0 bridgehead atoms. The molecule has 4 aromatic rings. The Hall–Kier alpha value is -3.25. The summed E-state index contributed by atoms with van der Waals surface area (Å²) in [5, 5.41) is 7.11. The molecular weight excluding hydrogens is 394 g/mol. The van der Waals surface area contributed by atoms with Crippen molar-refractivity contribution in [3.63, 3.8) is 0 Å². The minimum Gasteiger partial charge on any atom is -0.491 e. The number of ether oxygens (including phenoxy) is 1. The fourth-order valence-corrected chi connectivity index (χ4v) is 3.83. The van der Waals surface area contributed by atoms with E-state index in [1.54, 1.807) is 17.5 Å². The Morgan fingerprint density at radius 3 is 2.73 bits per heavy atom. The van der Waals surface area contributed by atoms with Crippen molar-refractivity contribution in [2.24, 2.45) is 0 Å². The zero-order valence-corrected chi connectivity index (χ0v) is 17.6. The number of nitrogens with zero attached hydrogens (tertiary/aromatic N) is 2. The van der Waals surface area contributed by atoms with Crippen molar-refractivity contribution in [1.82, 2.24) is 15.3 Å². The summed E-state index contributed by atoms with van der Waals surface area (Å²) in [6.45, 7) is 3.10. The third-order valence-electron chi connectivity index (χ3n) is 4.73. The van der Waals surface area contributed by atoms with E-state index in [0.29, 0.717) is 19.6 Å². The van der Waals surface area contributed by atoms with Gasteiger partial charge in [0.2, 0.25) is 5.91 Å². The van der Waals surface area contributed by atoms with Gasteiger partial charge in [-0.3, -0.25) is 9.78 Å². The van der Waals surface area contributed by atoms with Crippen LogP contribution in [0.25, 0.3) is 22.2 Å². The van der Waals surface area contributed by atoms with E-state index in [-0.39, 0.29) is 5.91 Å². The average molecular weight is 418 g/mol. The molecule has 4 rings (SSSR count). The number of pyridine rings is 1. The maximum absolute atomic E-state index is 12.2. The van der Waals surface area contributed by atoms with E-state index < -0.39 is 0 Å². The highest BCUT2D eigenvalue weighted by molar-refractivity contribution is 7.09. The van der Waals surface area contributed by atoms with Gasteiger partial charge in [0.15, 0.2) is 0 Å². The number of hydrogen-bond donors (Lipinski definition) is 1. The molecule has 0 saturated heterocycles. The first kappa shape index (κ1) is 20.0. The zero-order chi connectivity index (χ0) is 20.8. The SMILES string of the molecule is Cc1nc(-c2ccc(CC(=O)NCCCOc3cccc4cccnc34)cc2)cs1. The molecule has 6 heteroatoms. The third kappa shape index (κ3) is 5.02. The molecule has 30 heavy (non-hydrogen) atoms. The number of carbonyl (C=O) groups is 1. The van der Waals surface area contributed by atoms with Crippen LogP contribution >= 0.6 is 11.3 Å². The van der Waals surface area contributed by atoms with Crippen LogP contribution in [0.5, 0.6) is 5.75 Å². The molecular formula is C24H23N3O2S. The van der Waals surface area contributed by atoms with Crippen LogP contribution in [0, 0.1) is 6.92 Å². The molecule has 152 valence electrons. The van der Waals surface area contributed by atoms with Gasteiger partial charge in [-0.25, -0.2) is 4.98 Å². The molecule has 2 aromatic carbocycles. The number of amides is 1. The number of aryl methyl sites for hydroxylation is 1. The van der Waals surface area contributed by atoms with Crippen molar-refractivity contribution in [3.8, 4) is 17.0 Å². The first-order valence-corrected chi connectivity index (χ1v) is 10.8. The standard InChI is InChI=1S/C24H23N3O2S/c1-17-27-21(16-30-17)19-10-8-18(9-11-19)15-23(28)25-13-4-14-29-22-7-2-5-20-6-3-12-26-24(20)22/h2-3,5-12,16H,4,13-15H2,1H3,(H,25,28). The number of aromatic nitrogens is 2. The molecule has 0 fully saturated rings. The van der Waals surface area contributed by atoms with Crippen molar-refractivity contribution in [2.45, 2.75) is 19.8 Å². The van der Waals surface area contributed by atoms with Crippen LogP contribution in [0.4, 0.5) is 0 Å². The Bertz CT molecular complexity index is 1130. The topological polar surface area (TPSA) is 64.1 Å². The lowest BCUT2D eigenvalue weighted by Crippen LogP contribution is -2.27. The van der Waals surface area contributed by atoms with Gasteiger partial charge < -0.3 is 10.1 Å². The summed E-state index contributed by atoms with van der Waals surface area (Å²) >= 11 is 1.64.